The van der Waals surface area contributed by atoms with Crippen LogP contribution in [0.2, 0.25) is 0 Å². The van der Waals surface area contributed by atoms with Crippen molar-refractivity contribution in [3.05, 3.63) is 12.2 Å². The highest BCUT2D eigenvalue weighted by Gasteiger charge is 2.71. The second kappa shape index (κ2) is 5.37. The molecule has 0 aromatic carbocycles. The lowest BCUT2D eigenvalue weighted by atomic mass is 9.79. The number of aliphatic hydroxyl groups is 1. The van der Waals surface area contributed by atoms with Gasteiger partial charge in [0.15, 0.2) is 5.60 Å². The van der Waals surface area contributed by atoms with Gasteiger partial charge in [-0.2, -0.15) is 26.3 Å². The van der Waals surface area contributed by atoms with Crippen LogP contribution in [-0.2, 0) is 14.3 Å². The summed E-state index contributed by atoms with van der Waals surface area (Å²) in [5.74, 6) is -5.27. The third-order valence-electron chi connectivity index (χ3n) is 3.45. The fourth-order valence-corrected chi connectivity index (χ4v) is 2.43. The molecule has 1 N–H and O–H groups in total. The summed E-state index contributed by atoms with van der Waals surface area (Å²) in [5, 5.41) is 9.63. The molecule has 3 atom stereocenters. The van der Waals surface area contributed by atoms with Crippen molar-refractivity contribution >= 4 is 5.97 Å². The van der Waals surface area contributed by atoms with Crippen LogP contribution in [0.25, 0.3) is 0 Å². The molecule has 1 fully saturated rings. The number of alkyl halides is 6. The second-order valence-electron chi connectivity index (χ2n) is 6.09. The first-order valence-electron chi connectivity index (χ1n) is 6.40. The van der Waals surface area contributed by atoms with Gasteiger partial charge in [-0.15, -0.1) is 0 Å². The fourth-order valence-electron chi connectivity index (χ4n) is 2.43. The number of rotatable bonds is 2. The Morgan fingerprint density at radius 3 is 1.96 bits per heavy atom. The Morgan fingerprint density at radius 1 is 1.13 bits per heavy atom. The molecule has 0 bridgehead atoms. The lowest BCUT2D eigenvalue weighted by Gasteiger charge is -2.51. The average Bonchev–Trinajstić information content (AvgIpc) is 2.22. The first-order valence-corrected chi connectivity index (χ1v) is 6.40. The maximum Gasteiger partial charge on any atom is 0.443 e. The minimum Gasteiger partial charge on any atom is -0.456 e. The predicted molar refractivity (Wildman–Crippen MR) is 65.1 cm³/mol. The minimum atomic E-state index is -5.52. The molecule has 3 unspecified atom stereocenters. The lowest BCUT2D eigenvalue weighted by molar-refractivity contribution is -0.453. The maximum atomic E-state index is 13.1. The van der Waals surface area contributed by atoms with Crippen molar-refractivity contribution in [3.8, 4) is 0 Å². The molecule has 0 saturated carbocycles. The molecule has 0 spiro atoms. The van der Waals surface area contributed by atoms with Crippen LogP contribution in [0.4, 0.5) is 26.3 Å². The van der Waals surface area contributed by atoms with Gasteiger partial charge in [-0.05, 0) is 20.8 Å². The summed E-state index contributed by atoms with van der Waals surface area (Å²) in [4.78, 5) is 11.5. The number of carbonyl (C=O) groups is 1. The third kappa shape index (κ3) is 3.79. The number of halogens is 6. The minimum absolute atomic E-state index is 0.207. The zero-order valence-electron chi connectivity index (χ0n) is 12.6. The number of hydrogen-bond acceptors (Lipinski definition) is 4. The molecule has 0 amide bonds. The van der Waals surface area contributed by atoms with Gasteiger partial charge in [0, 0.05) is 12.0 Å². The zero-order chi connectivity index (χ0) is 18.5. The highest BCUT2D eigenvalue weighted by atomic mass is 19.4. The molecule has 0 aromatic rings. The molecule has 4 nitrogen and oxygen atoms in total. The molecule has 0 aromatic heterocycles. The van der Waals surface area contributed by atoms with Crippen molar-refractivity contribution in [1.82, 2.24) is 0 Å². The van der Waals surface area contributed by atoms with Crippen molar-refractivity contribution in [2.75, 3.05) is 0 Å². The monoisotopic (exact) mass is 350 g/mol. The van der Waals surface area contributed by atoms with E-state index in [-0.39, 0.29) is 5.57 Å². The molecule has 1 aliphatic heterocycles. The summed E-state index contributed by atoms with van der Waals surface area (Å²) < 4.78 is 87.2. The average molecular weight is 350 g/mol. The van der Waals surface area contributed by atoms with Gasteiger partial charge in [-0.3, -0.25) is 0 Å². The molecular weight excluding hydrogens is 334 g/mol. The van der Waals surface area contributed by atoms with Crippen LogP contribution in [0, 0.1) is 0 Å². The summed E-state index contributed by atoms with van der Waals surface area (Å²) in [7, 11) is 0. The van der Waals surface area contributed by atoms with E-state index in [2.05, 4.69) is 11.3 Å². The van der Waals surface area contributed by atoms with Crippen LogP contribution in [0.15, 0.2) is 12.2 Å². The summed E-state index contributed by atoms with van der Waals surface area (Å²) in [5.41, 5.74) is -5.83. The molecule has 0 aliphatic carbocycles. The smallest absolute Gasteiger partial charge is 0.443 e. The van der Waals surface area contributed by atoms with Crippen LogP contribution in [-0.4, -0.2) is 40.4 Å². The Kier molecular flexibility index (Phi) is 4.61. The van der Waals surface area contributed by atoms with Crippen LogP contribution in [0.5, 0.6) is 0 Å². The van der Waals surface area contributed by atoms with Crippen LogP contribution < -0.4 is 0 Å². The quantitative estimate of drug-likeness (QED) is 0.472. The SMILES string of the molecule is C=C(C)C(=O)OC1(C)CC(C)(C(F)(F)F)OC(O)(C(F)(F)F)C1. The molecule has 23 heavy (non-hydrogen) atoms. The first-order chi connectivity index (χ1) is 9.95. The largest absolute Gasteiger partial charge is 0.456 e. The van der Waals surface area contributed by atoms with Gasteiger partial charge < -0.3 is 14.6 Å². The standard InChI is InChI=1S/C13H16F6O4/c1-7(2)8(20)22-9(3)5-10(4,12(14,15)16)23-11(21,6-9)13(17,18)19/h21H,1,5-6H2,2-4H3. The molecule has 1 rings (SSSR count). The maximum absolute atomic E-state index is 13.1. The Hall–Kier alpha value is -1.29. The number of hydrogen-bond donors (Lipinski definition) is 1. The van der Waals surface area contributed by atoms with E-state index in [4.69, 9.17) is 4.74 Å². The lowest BCUT2D eigenvalue weighted by Crippen LogP contribution is -2.67. The van der Waals surface area contributed by atoms with Crippen molar-refractivity contribution < 1.29 is 45.7 Å². The van der Waals surface area contributed by atoms with Gasteiger partial charge in [0.2, 0.25) is 0 Å². The van der Waals surface area contributed by atoms with Crippen molar-refractivity contribution in [3.63, 3.8) is 0 Å². The second-order valence-corrected chi connectivity index (χ2v) is 6.09. The molecular formula is C13H16F6O4. The summed E-state index contributed by atoms with van der Waals surface area (Å²) >= 11 is 0. The van der Waals surface area contributed by atoms with Crippen molar-refractivity contribution in [2.45, 2.75) is 63.0 Å². The molecule has 10 heteroatoms. The molecule has 1 heterocycles. The third-order valence-corrected chi connectivity index (χ3v) is 3.45. The van der Waals surface area contributed by atoms with E-state index in [9.17, 15) is 36.2 Å². The fraction of sp³-hybridized carbons (Fsp3) is 0.769. The molecule has 0 radical (unpaired) electrons. The highest BCUT2D eigenvalue weighted by molar-refractivity contribution is 5.87. The Balaban J connectivity index is 3.33. The van der Waals surface area contributed by atoms with E-state index in [1.54, 1.807) is 0 Å². The van der Waals surface area contributed by atoms with Gasteiger partial charge in [0.05, 0.1) is 6.42 Å². The van der Waals surface area contributed by atoms with Crippen LogP contribution in [0.3, 0.4) is 0 Å². The Morgan fingerprint density at radius 2 is 1.61 bits per heavy atom. The van der Waals surface area contributed by atoms with E-state index in [1.807, 2.05) is 0 Å². The molecule has 1 aliphatic rings. The number of ether oxygens (including phenoxy) is 2. The van der Waals surface area contributed by atoms with Gasteiger partial charge in [0.25, 0.3) is 5.79 Å². The number of carbonyl (C=O) groups excluding carboxylic acids is 1. The van der Waals surface area contributed by atoms with Gasteiger partial charge in [-0.25, -0.2) is 4.79 Å². The van der Waals surface area contributed by atoms with Crippen molar-refractivity contribution in [2.24, 2.45) is 0 Å². The van der Waals surface area contributed by atoms with E-state index < -0.39 is 48.2 Å². The van der Waals surface area contributed by atoms with E-state index in [0.29, 0.717) is 6.92 Å². The Bertz CT molecular complexity index is 484. The zero-order valence-corrected chi connectivity index (χ0v) is 12.6. The van der Waals surface area contributed by atoms with Crippen molar-refractivity contribution in [1.29, 1.82) is 0 Å². The van der Waals surface area contributed by atoms with Gasteiger partial charge >= 0.3 is 18.3 Å². The normalized spacial score (nSPS) is 35.7. The first kappa shape index (κ1) is 19.8. The van der Waals surface area contributed by atoms with Crippen LogP contribution >= 0.6 is 0 Å². The Labute approximate surface area is 128 Å². The summed E-state index contributed by atoms with van der Waals surface area (Å²) in [6.45, 7) is 5.62. The summed E-state index contributed by atoms with van der Waals surface area (Å²) in [6, 6.07) is 0. The molecule has 134 valence electrons. The topological polar surface area (TPSA) is 55.8 Å². The number of esters is 1. The predicted octanol–water partition coefficient (Wildman–Crippen LogP) is 3.25. The van der Waals surface area contributed by atoms with Gasteiger partial charge in [-0.1, -0.05) is 6.58 Å². The van der Waals surface area contributed by atoms with Crippen LogP contribution in [0.1, 0.15) is 33.6 Å². The van der Waals surface area contributed by atoms with E-state index in [1.165, 1.54) is 6.92 Å². The van der Waals surface area contributed by atoms with E-state index >= 15 is 0 Å². The molecule has 1 saturated heterocycles. The van der Waals surface area contributed by atoms with Gasteiger partial charge in [0.1, 0.15) is 5.60 Å². The summed E-state index contributed by atoms with van der Waals surface area (Å²) in [6.07, 6.45) is -13.3. The highest BCUT2D eigenvalue weighted by Crippen LogP contribution is 2.53. The van der Waals surface area contributed by atoms with E-state index in [0.717, 1.165) is 6.92 Å².